The number of carbonyl (C=O) groups is 3. The molecule has 134 valence electrons. The summed E-state index contributed by atoms with van der Waals surface area (Å²) in [6.45, 7) is 1.56. The molecule has 5 aliphatic rings. The van der Waals surface area contributed by atoms with Gasteiger partial charge in [0.2, 0.25) is 0 Å². The van der Waals surface area contributed by atoms with Gasteiger partial charge in [-0.3, -0.25) is 14.4 Å². The van der Waals surface area contributed by atoms with E-state index in [1.807, 2.05) is 0 Å². The second kappa shape index (κ2) is 3.99. The van der Waals surface area contributed by atoms with Gasteiger partial charge in [-0.2, -0.15) is 0 Å². The fraction of sp³-hybridized carbons (Fsp3) is 0.722. The van der Waals surface area contributed by atoms with Gasteiger partial charge in [0.1, 0.15) is 16.6 Å². The average Bonchev–Trinajstić information content (AvgIpc) is 2.95. The van der Waals surface area contributed by atoms with Gasteiger partial charge in [-0.15, -0.1) is 0 Å². The third kappa shape index (κ3) is 1.35. The highest BCUT2D eigenvalue weighted by molar-refractivity contribution is 5.93. The van der Waals surface area contributed by atoms with Crippen molar-refractivity contribution in [2.24, 2.45) is 28.6 Å². The van der Waals surface area contributed by atoms with Crippen LogP contribution in [0.15, 0.2) is 12.2 Å². The first-order chi connectivity index (χ1) is 11.6. The SMILES string of the molecule is C[C@@]12C(=O)O[C@]3(C=C[C@@H]1O)[C@@H]1CC[C@]4(O)C[C@]1(CC4=O)[C@@H](C(=O)O)[C@@H]32. The summed E-state index contributed by atoms with van der Waals surface area (Å²) in [5.74, 6) is -4.10. The van der Waals surface area contributed by atoms with E-state index in [-0.39, 0.29) is 31.0 Å². The Bertz CT molecular complexity index is 773. The molecule has 3 saturated carbocycles. The number of aliphatic hydroxyl groups is 2. The average molecular weight is 348 g/mol. The second-order valence-electron chi connectivity index (χ2n) is 8.76. The Morgan fingerprint density at radius 2 is 2.08 bits per heavy atom. The summed E-state index contributed by atoms with van der Waals surface area (Å²) < 4.78 is 5.79. The van der Waals surface area contributed by atoms with E-state index in [9.17, 15) is 29.7 Å². The van der Waals surface area contributed by atoms with Crippen LogP contribution in [0.2, 0.25) is 0 Å². The van der Waals surface area contributed by atoms with Crippen molar-refractivity contribution in [1.82, 2.24) is 0 Å². The molecule has 0 aromatic heterocycles. The van der Waals surface area contributed by atoms with Crippen LogP contribution in [-0.4, -0.2) is 50.3 Å². The fourth-order valence-electron chi connectivity index (χ4n) is 6.97. The van der Waals surface area contributed by atoms with E-state index >= 15 is 0 Å². The van der Waals surface area contributed by atoms with Crippen molar-refractivity contribution in [2.45, 2.75) is 49.9 Å². The normalized spacial score (nSPS) is 58.0. The van der Waals surface area contributed by atoms with Crippen molar-refractivity contribution < 1.29 is 34.4 Å². The molecule has 4 fully saturated rings. The van der Waals surface area contributed by atoms with E-state index in [4.69, 9.17) is 4.74 Å². The number of fused-ring (bicyclic) bond motifs is 1. The summed E-state index contributed by atoms with van der Waals surface area (Å²) in [6, 6.07) is 0. The number of rotatable bonds is 1. The number of ether oxygens (including phenoxy) is 1. The molecule has 0 radical (unpaired) electrons. The fourth-order valence-corrected chi connectivity index (χ4v) is 6.97. The first-order valence-electron chi connectivity index (χ1n) is 8.71. The molecule has 7 nitrogen and oxygen atoms in total. The highest BCUT2D eigenvalue weighted by atomic mass is 16.6. The summed E-state index contributed by atoms with van der Waals surface area (Å²) in [5.41, 5.74) is -4.87. The summed E-state index contributed by atoms with van der Waals surface area (Å²) in [5, 5.41) is 31.2. The lowest BCUT2D eigenvalue weighted by Gasteiger charge is -2.43. The van der Waals surface area contributed by atoms with Crippen LogP contribution in [0.3, 0.4) is 0 Å². The van der Waals surface area contributed by atoms with Crippen LogP contribution < -0.4 is 0 Å². The first kappa shape index (κ1) is 15.5. The number of carboxylic acids is 1. The molecule has 8 atom stereocenters. The zero-order chi connectivity index (χ0) is 18.0. The lowest BCUT2D eigenvalue weighted by atomic mass is 9.61. The number of aliphatic carboxylic acids is 1. The molecule has 7 heteroatoms. The molecule has 0 amide bonds. The Morgan fingerprint density at radius 3 is 2.76 bits per heavy atom. The number of hydrogen-bond acceptors (Lipinski definition) is 6. The van der Waals surface area contributed by atoms with Crippen molar-refractivity contribution in [3.63, 3.8) is 0 Å². The van der Waals surface area contributed by atoms with E-state index in [0.29, 0.717) is 6.42 Å². The Labute approximate surface area is 143 Å². The van der Waals surface area contributed by atoms with E-state index < -0.39 is 51.9 Å². The maximum atomic E-state index is 12.6. The standard InChI is InChI=1S/C18H20O7/c1-15-9(19)3-5-18(25-14(15)23)8-2-4-17(24)7-16(8,6-10(17)20)11(12(15)18)13(21)22/h3,5,8-9,11-12,19,24H,2,4,6-7H2,1H3,(H,21,22)/t8-,9+,11-,12-,15-,16+,17+,18-/m1/s1. The lowest BCUT2D eigenvalue weighted by molar-refractivity contribution is -0.163. The van der Waals surface area contributed by atoms with Gasteiger partial charge in [0.15, 0.2) is 5.78 Å². The molecule has 4 bridgehead atoms. The van der Waals surface area contributed by atoms with Crippen LogP contribution in [-0.2, 0) is 19.1 Å². The Kier molecular flexibility index (Phi) is 2.47. The van der Waals surface area contributed by atoms with Gasteiger partial charge in [-0.1, -0.05) is 6.08 Å². The molecule has 1 saturated heterocycles. The largest absolute Gasteiger partial charge is 0.481 e. The summed E-state index contributed by atoms with van der Waals surface area (Å²) in [7, 11) is 0. The molecule has 0 unspecified atom stereocenters. The smallest absolute Gasteiger partial charge is 0.316 e. The molecule has 0 aromatic carbocycles. The zero-order valence-electron chi connectivity index (χ0n) is 13.8. The van der Waals surface area contributed by atoms with Gasteiger partial charge >= 0.3 is 11.9 Å². The van der Waals surface area contributed by atoms with Crippen LogP contribution in [0.4, 0.5) is 0 Å². The lowest BCUT2D eigenvalue weighted by Crippen LogP contribution is -2.50. The number of carbonyl (C=O) groups excluding carboxylic acids is 2. The van der Waals surface area contributed by atoms with Gasteiger partial charge in [0.05, 0.1) is 12.0 Å². The molecule has 1 spiro atoms. The van der Waals surface area contributed by atoms with Crippen molar-refractivity contribution in [3.8, 4) is 0 Å². The van der Waals surface area contributed by atoms with Crippen LogP contribution in [0.25, 0.3) is 0 Å². The van der Waals surface area contributed by atoms with E-state index in [0.717, 1.165) is 0 Å². The molecule has 0 aromatic rings. The molecule has 4 aliphatic carbocycles. The minimum absolute atomic E-state index is 0.0129. The number of hydrogen-bond donors (Lipinski definition) is 3. The van der Waals surface area contributed by atoms with Gasteiger partial charge < -0.3 is 20.1 Å². The second-order valence-corrected chi connectivity index (χ2v) is 8.76. The third-order valence-corrected chi connectivity index (χ3v) is 7.93. The maximum absolute atomic E-state index is 12.6. The predicted molar refractivity (Wildman–Crippen MR) is 81.0 cm³/mol. The van der Waals surface area contributed by atoms with Crippen molar-refractivity contribution in [2.75, 3.05) is 0 Å². The predicted octanol–water partition coefficient (Wildman–Crippen LogP) is 0.0400. The topological polar surface area (TPSA) is 121 Å². The third-order valence-electron chi connectivity index (χ3n) is 7.93. The van der Waals surface area contributed by atoms with Gasteiger partial charge in [-0.25, -0.2) is 0 Å². The van der Waals surface area contributed by atoms with Crippen LogP contribution in [0.1, 0.15) is 32.6 Å². The molecular weight excluding hydrogens is 328 g/mol. The van der Waals surface area contributed by atoms with Crippen LogP contribution in [0.5, 0.6) is 0 Å². The van der Waals surface area contributed by atoms with Gasteiger partial charge in [-0.05, 0) is 32.3 Å². The maximum Gasteiger partial charge on any atom is 0.316 e. The van der Waals surface area contributed by atoms with Gasteiger partial charge in [0.25, 0.3) is 0 Å². The Hall–Kier alpha value is -1.73. The van der Waals surface area contributed by atoms with Crippen molar-refractivity contribution in [1.29, 1.82) is 0 Å². The monoisotopic (exact) mass is 348 g/mol. The molecule has 5 rings (SSSR count). The molecule has 25 heavy (non-hydrogen) atoms. The number of aliphatic hydroxyl groups excluding tert-OH is 1. The quantitative estimate of drug-likeness (QED) is 0.452. The minimum Gasteiger partial charge on any atom is -0.481 e. The number of carboxylic acid groups (broad SMARTS) is 1. The van der Waals surface area contributed by atoms with Gasteiger partial charge in [0, 0.05) is 23.7 Å². The van der Waals surface area contributed by atoms with E-state index in [2.05, 4.69) is 0 Å². The number of Topliss-reactive ketones (excluding diaryl/α,β-unsaturated/α-hetero) is 1. The highest BCUT2D eigenvalue weighted by Gasteiger charge is 2.84. The zero-order valence-corrected chi connectivity index (χ0v) is 13.8. The molecular formula is C18H20O7. The highest BCUT2D eigenvalue weighted by Crippen LogP contribution is 2.76. The first-order valence-corrected chi connectivity index (χ1v) is 8.71. The Morgan fingerprint density at radius 1 is 1.36 bits per heavy atom. The number of ketones is 1. The number of esters is 1. The molecule has 1 heterocycles. The molecule has 3 N–H and O–H groups in total. The summed E-state index contributed by atoms with van der Waals surface area (Å²) >= 11 is 0. The minimum atomic E-state index is -1.47. The summed E-state index contributed by atoms with van der Waals surface area (Å²) in [6.07, 6.45) is 2.80. The van der Waals surface area contributed by atoms with Crippen LogP contribution in [0, 0.1) is 28.6 Å². The van der Waals surface area contributed by atoms with E-state index in [1.54, 1.807) is 13.0 Å². The molecule has 1 aliphatic heterocycles. The van der Waals surface area contributed by atoms with Crippen LogP contribution >= 0.6 is 0 Å². The van der Waals surface area contributed by atoms with E-state index in [1.165, 1.54) is 6.08 Å². The summed E-state index contributed by atoms with van der Waals surface area (Å²) in [4.78, 5) is 37.4. The van der Waals surface area contributed by atoms with Crippen molar-refractivity contribution in [3.05, 3.63) is 12.2 Å². The Balaban J connectivity index is 1.78. The van der Waals surface area contributed by atoms with Crippen molar-refractivity contribution >= 4 is 17.7 Å².